The van der Waals surface area contributed by atoms with E-state index in [9.17, 15) is 0 Å². The smallest absolute Gasteiger partial charge is 0.127 e. The van der Waals surface area contributed by atoms with E-state index in [4.69, 9.17) is 9.47 Å². The van der Waals surface area contributed by atoms with E-state index in [1.807, 2.05) is 39.1 Å². The van der Waals surface area contributed by atoms with Gasteiger partial charge in [-0.15, -0.1) is 0 Å². The molecule has 0 atom stereocenters. The summed E-state index contributed by atoms with van der Waals surface area (Å²) in [5.41, 5.74) is 3.61. The van der Waals surface area contributed by atoms with Crippen molar-refractivity contribution in [1.82, 2.24) is 14.9 Å². The van der Waals surface area contributed by atoms with Crippen LogP contribution in [0.3, 0.4) is 0 Å². The lowest BCUT2D eigenvalue weighted by Gasteiger charge is -2.28. The van der Waals surface area contributed by atoms with Crippen LogP contribution in [-0.4, -0.2) is 34.6 Å². The summed E-state index contributed by atoms with van der Waals surface area (Å²) in [6.45, 7) is 10.00. The maximum Gasteiger partial charge on any atom is 0.127 e. The van der Waals surface area contributed by atoms with Crippen molar-refractivity contribution in [3.8, 4) is 11.5 Å². The fraction of sp³-hybridized carbons (Fsp3) is 0.474. The van der Waals surface area contributed by atoms with E-state index in [1.165, 1.54) is 16.8 Å². The van der Waals surface area contributed by atoms with Crippen LogP contribution in [0.25, 0.3) is 0 Å². The highest BCUT2D eigenvalue weighted by atomic mass is 16.5. The minimum atomic E-state index is 0.651. The topological polar surface area (TPSA) is 47.5 Å². The number of rotatable bonds is 6. The van der Waals surface area contributed by atoms with Crippen molar-refractivity contribution in [3.05, 3.63) is 47.0 Å². The van der Waals surface area contributed by atoms with Gasteiger partial charge in [-0.05, 0) is 26.8 Å². The van der Waals surface area contributed by atoms with Gasteiger partial charge in [0.1, 0.15) is 17.3 Å². The number of benzene rings is 1. The maximum atomic E-state index is 5.82. The fourth-order valence-electron chi connectivity index (χ4n) is 3.06. The third kappa shape index (κ3) is 3.85. The summed E-state index contributed by atoms with van der Waals surface area (Å²) in [6, 6.07) is 6.12. The van der Waals surface area contributed by atoms with Gasteiger partial charge in [-0.1, -0.05) is 6.07 Å². The van der Waals surface area contributed by atoms with E-state index >= 15 is 0 Å². The number of nitrogens with zero attached hydrogens (tertiary/aromatic N) is 3. The second kappa shape index (κ2) is 7.62. The second-order valence-electron chi connectivity index (χ2n) is 5.99. The Morgan fingerprint density at radius 1 is 1.17 bits per heavy atom. The Hall–Kier alpha value is -2.14. The van der Waals surface area contributed by atoms with Crippen LogP contribution in [0.4, 0.5) is 0 Å². The molecule has 2 aromatic rings. The van der Waals surface area contributed by atoms with Gasteiger partial charge >= 0.3 is 0 Å². The molecule has 3 rings (SSSR count). The molecule has 0 N–H and O–H groups in total. The average molecular weight is 327 g/mol. The van der Waals surface area contributed by atoms with Crippen molar-refractivity contribution in [2.75, 3.05) is 19.8 Å². The van der Waals surface area contributed by atoms with Gasteiger partial charge in [0.05, 0.1) is 13.2 Å². The Labute approximate surface area is 143 Å². The lowest BCUT2D eigenvalue weighted by molar-refractivity contribution is 0.236. The minimum Gasteiger partial charge on any atom is -0.494 e. The first-order valence-corrected chi connectivity index (χ1v) is 8.61. The predicted octanol–water partition coefficient (Wildman–Crippen LogP) is 3.14. The van der Waals surface area contributed by atoms with E-state index in [0.717, 1.165) is 43.4 Å². The molecule has 0 amide bonds. The Bertz CT molecular complexity index is 703. The average Bonchev–Trinajstić information content (AvgIpc) is 2.58. The molecule has 0 saturated heterocycles. The summed E-state index contributed by atoms with van der Waals surface area (Å²) in [4.78, 5) is 11.3. The first-order valence-electron chi connectivity index (χ1n) is 8.61. The fourth-order valence-corrected chi connectivity index (χ4v) is 3.06. The summed E-state index contributed by atoms with van der Waals surface area (Å²) >= 11 is 0. The molecule has 0 spiro atoms. The summed E-state index contributed by atoms with van der Waals surface area (Å²) in [7, 11) is 0. The monoisotopic (exact) mass is 327 g/mol. The summed E-state index contributed by atoms with van der Waals surface area (Å²) in [5.74, 6) is 2.62. The highest BCUT2D eigenvalue weighted by Gasteiger charge is 2.19. The molecule has 5 nitrogen and oxygen atoms in total. The first kappa shape index (κ1) is 16.7. The van der Waals surface area contributed by atoms with Crippen LogP contribution in [0.15, 0.2) is 24.4 Å². The van der Waals surface area contributed by atoms with Gasteiger partial charge < -0.3 is 9.47 Å². The Morgan fingerprint density at radius 3 is 2.79 bits per heavy atom. The van der Waals surface area contributed by atoms with Crippen molar-refractivity contribution in [2.24, 2.45) is 0 Å². The zero-order valence-electron chi connectivity index (χ0n) is 14.7. The van der Waals surface area contributed by atoms with Crippen LogP contribution in [0.5, 0.6) is 11.5 Å². The van der Waals surface area contributed by atoms with Crippen molar-refractivity contribution >= 4 is 0 Å². The molecule has 128 valence electrons. The molecule has 1 aromatic carbocycles. The highest BCUT2D eigenvalue weighted by Crippen LogP contribution is 2.28. The van der Waals surface area contributed by atoms with Gasteiger partial charge in [0.2, 0.25) is 0 Å². The molecule has 1 aromatic heterocycles. The highest BCUT2D eigenvalue weighted by molar-refractivity contribution is 5.41. The number of ether oxygens (including phenoxy) is 2. The molecular weight excluding hydrogens is 302 g/mol. The normalized spacial score (nSPS) is 14.3. The molecule has 0 unspecified atom stereocenters. The largest absolute Gasteiger partial charge is 0.494 e. The van der Waals surface area contributed by atoms with Crippen molar-refractivity contribution in [3.63, 3.8) is 0 Å². The van der Waals surface area contributed by atoms with Gasteiger partial charge in [-0.2, -0.15) is 0 Å². The molecule has 0 fully saturated rings. The van der Waals surface area contributed by atoms with Gasteiger partial charge in [-0.25, -0.2) is 9.97 Å². The molecule has 0 aliphatic carbocycles. The van der Waals surface area contributed by atoms with Crippen LogP contribution in [0.1, 0.15) is 36.5 Å². The molecule has 1 aliphatic rings. The van der Waals surface area contributed by atoms with Gasteiger partial charge in [0.25, 0.3) is 0 Å². The Kier molecular flexibility index (Phi) is 5.30. The zero-order valence-corrected chi connectivity index (χ0v) is 14.7. The molecule has 5 heteroatoms. The van der Waals surface area contributed by atoms with E-state index in [-0.39, 0.29) is 0 Å². The van der Waals surface area contributed by atoms with Crippen LogP contribution in [0, 0.1) is 6.92 Å². The first-order chi connectivity index (χ1) is 11.7. The molecule has 1 aliphatic heterocycles. The number of hydrogen-bond donors (Lipinski definition) is 0. The molecule has 24 heavy (non-hydrogen) atoms. The van der Waals surface area contributed by atoms with Crippen LogP contribution < -0.4 is 9.47 Å². The standard InChI is InChI=1S/C19H25N3O2/c1-4-23-17-7-6-15(19(10-17)24-5-2)12-22-9-8-18-16(13-22)11-20-14(3)21-18/h6-7,10-11H,4-5,8-9,12-13H2,1-3H3. The number of fused-ring (bicyclic) bond motifs is 1. The molecule has 0 bridgehead atoms. The van der Waals surface area contributed by atoms with Gasteiger partial charge in [-0.3, -0.25) is 4.90 Å². The molecule has 0 radical (unpaired) electrons. The van der Waals surface area contributed by atoms with E-state index in [1.54, 1.807) is 0 Å². The van der Waals surface area contributed by atoms with Crippen LogP contribution >= 0.6 is 0 Å². The third-order valence-corrected chi connectivity index (χ3v) is 4.18. The SMILES string of the molecule is CCOc1ccc(CN2CCc3nc(C)ncc3C2)c(OCC)c1. The zero-order chi connectivity index (χ0) is 16.9. The van der Waals surface area contributed by atoms with Crippen LogP contribution in [0.2, 0.25) is 0 Å². The Morgan fingerprint density at radius 2 is 2.00 bits per heavy atom. The third-order valence-electron chi connectivity index (χ3n) is 4.18. The van der Waals surface area contributed by atoms with E-state index < -0.39 is 0 Å². The van der Waals surface area contributed by atoms with E-state index in [0.29, 0.717) is 13.2 Å². The predicted molar refractivity (Wildman–Crippen MR) is 93.4 cm³/mol. The molecular formula is C19H25N3O2. The molecule has 2 heterocycles. The Balaban J connectivity index is 1.75. The summed E-state index contributed by atoms with van der Waals surface area (Å²) in [5, 5.41) is 0. The van der Waals surface area contributed by atoms with Gasteiger partial charge in [0, 0.05) is 55.1 Å². The molecule has 0 saturated carbocycles. The maximum absolute atomic E-state index is 5.82. The van der Waals surface area contributed by atoms with Crippen molar-refractivity contribution < 1.29 is 9.47 Å². The quantitative estimate of drug-likeness (QED) is 0.816. The van der Waals surface area contributed by atoms with Crippen molar-refractivity contribution in [2.45, 2.75) is 40.3 Å². The van der Waals surface area contributed by atoms with E-state index in [2.05, 4.69) is 20.9 Å². The van der Waals surface area contributed by atoms with Gasteiger partial charge in [0.15, 0.2) is 0 Å². The van der Waals surface area contributed by atoms with Crippen molar-refractivity contribution in [1.29, 1.82) is 0 Å². The number of aryl methyl sites for hydroxylation is 1. The summed E-state index contributed by atoms with van der Waals surface area (Å²) < 4.78 is 11.4. The van der Waals surface area contributed by atoms with Crippen LogP contribution in [-0.2, 0) is 19.5 Å². The minimum absolute atomic E-state index is 0.651. The second-order valence-corrected chi connectivity index (χ2v) is 5.99. The number of hydrogen-bond acceptors (Lipinski definition) is 5. The number of aromatic nitrogens is 2. The summed E-state index contributed by atoms with van der Waals surface area (Å²) in [6.07, 6.45) is 2.94. The lowest BCUT2D eigenvalue weighted by atomic mass is 10.1. The lowest BCUT2D eigenvalue weighted by Crippen LogP contribution is -2.31.